The van der Waals surface area contributed by atoms with Crippen LogP contribution >= 0.6 is 0 Å². The van der Waals surface area contributed by atoms with Crippen LogP contribution in [-0.2, 0) is 19.2 Å². The van der Waals surface area contributed by atoms with Crippen LogP contribution in [0.5, 0.6) is 0 Å². The van der Waals surface area contributed by atoms with Crippen molar-refractivity contribution in [1.82, 2.24) is 4.90 Å². The summed E-state index contributed by atoms with van der Waals surface area (Å²) in [5, 5.41) is 25.1. The second-order valence-electron chi connectivity index (χ2n) is 23.2. The van der Waals surface area contributed by atoms with Gasteiger partial charge in [0, 0.05) is 30.2 Å². The predicted octanol–water partition coefficient (Wildman–Crippen LogP) is 16.8. The summed E-state index contributed by atoms with van der Waals surface area (Å²) in [4.78, 5) is 49.8. The molecule has 0 aromatic heterocycles. The van der Waals surface area contributed by atoms with E-state index in [1.807, 2.05) is 12.1 Å². The molecule has 4 rings (SSSR count). The number of hydrogen-bond donors (Lipinski definition) is 4. The average molecular weight is 1140 g/mol. The Kier molecular flexibility index (Phi) is 47.5. The molecule has 2 aromatic rings. The minimum atomic E-state index is -0.921. The maximum Gasteiger partial charge on any atom is 0.303 e. The standard InChI is InChI=1S/2C18H28N2O.2C18H32O2/c2*1-4-5-12-20-13-7-6-11-16(20)18(21)19-17-14(2)9-8-10-15(17)3;2*1-2-3-4-5-6-7-8-9-10-11-12-13-14-15-16-17-18(19)20/h2*8-10,16H,4-7,11-13H2,1-3H3,(H,19,21);2*6-7,9-10H,2-5,8,11-17H2,1H3,(H,19,20)/b;;2*7-6-,10-9-. The van der Waals surface area contributed by atoms with Gasteiger partial charge in [-0.1, -0.05) is 196 Å². The summed E-state index contributed by atoms with van der Waals surface area (Å²) in [6.45, 7) is 21.5. The van der Waals surface area contributed by atoms with E-state index in [4.69, 9.17) is 5.11 Å². The lowest BCUT2D eigenvalue weighted by molar-refractivity contribution is -0.921. The number of amides is 2. The van der Waals surface area contributed by atoms with Gasteiger partial charge in [0.25, 0.3) is 5.91 Å². The topological polar surface area (TPSA) is 143 Å². The smallest absolute Gasteiger partial charge is 0.303 e. The zero-order valence-electron chi connectivity index (χ0n) is 53.5. The lowest BCUT2D eigenvalue weighted by Gasteiger charge is -2.34. The zero-order valence-corrected chi connectivity index (χ0v) is 53.5. The van der Waals surface area contributed by atoms with Gasteiger partial charge in [-0.05, 0) is 185 Å². The number of piperidine rings is 2. The first-order chi connectivity index (χ1) is 39.8. The molecule has 2 aliphatic rings. The molecule has 2 amide bonds. The highest BCUT2D eigenvalue weighted by Gasteiger charge is 2.32. The van der Waals surface area contributed by atoms with E-state index in [0.717, 1.165) is 137 Å². The number of anilines is 2. The molecule has 0 radical (unpaired) electrons. The van der Waals surface area contributed by atoms with Crippen molar-refractivity contribution in [2.24, 2.45) is 0 Å². The molecule has 2 fully saturated rings. The molecule has 0 saturated carbocycles. The molecule has 4 N–H and O–H groups in total. The van der Waals surface area contributed by atoms with Crippen molar-refractivity contribution in [1.29, 1.82) is 0 Å². The van der Waals surface area contributed by atoms with Gasteiger partial charge in [-0.15, -0.1) is 0 Å². The van der Waals surface area contributed by atoms with Crippen molar-refractivity contribution in [3.63, 3.8) is 0 Å². The Morgan fingerprint density at radius 3 is 1.41 bits per heavy atom. The first kappa shape index (κ1) is 75.2. The molecule has 0 bridgehead atoms. The predicted molar refractivity (Wildman–Crippen MR) is 348 cm³/mol. The van der Waals surface area contributed by atoms with Crippen molar-refractivity contribution < 1.29 is 34.3 Å². The fourth-order valence-electron chi connectivity index (χ4n) is 10.6. The van der Waals surface area contributed by atoms with Crippen LogP contribution in [0, 0.1) is 27.7 Å². The average Bonchev–Trinajstić information content (AvgIpc) is 3.65. The Balaban J connectivity index is 0.000000547. The number of allylic oxidation sites excluding steroid dienone is 8. The van der Waals surface area contributed by atoms with Crippen molar-refractivity contribution in [2.75, 3.05) is 36.8 Å². The highest BCUT2D eigenvalue weighted by molar-refractivity contribution is 5.96. The number of carbonyl (C=O) groups excluding carboxylic acids is 3. The van der Waals surface area contributed by atoms with Crippen molar-refractivity contribution in [3.8, 4) is 0 Å². The number of aliphatic carboxylic acids is 2. The van der Waals surface area contributed by atoms with Gasteiger partial charge in [0.15, 0.2) is 6.04 Å². The van der Waals surface area contributed by atoms with Gasteiger partial charge >= 0.3 is 5.97 Å². The summed E-state index contributed by atoms with van der Waals surface area (Å²) in [5.41, 5.74) is 6.56. The van der Waals surface area contributed by atoms with Crippen LogP contribution in [0.3, 0.4) is 0 Å². The number of carboxylic acids is 2. The summed E-state index contributed by atoms with van der Waals surface area (Å²) in [7, 11) is 0. The number of unbranched alkanes of at least 4 members (excludes halogenated alkanes) is 18. The van der Waals surface area contributed by atoms with Crippen LogP contribution in [0.1, 0.15) is 268 Å². The monoisotopic (exact) mass is 1140 g/mol. The molecule has 10 heteroatoms. The first-order valence-electron chi connectivity index (χ1n) is 33.1. The van der Waals surface area contributed by atoms with Gasteiger partial charge in [-0.3, -0.25) is 19.3 Å². The molecule has 3 atom stereocenters. The molecular formula is C72H120N4O6. The molecule has 2 aliphatic heterocycles. The number of aryl methyl sites for hydroxylation is 4. The molecule has 10 nitrogen and oxygen atoms in total. The van der Waals surface area contributed by atoms with Crippen LogP contribution in [-0.4, -0.2) is 72.0 Å². The highest BCUT2D eigenvalue weighted by Crippen LogP contribution is 2.24. The highest BCUT2D eigenvalue weighted by atomic mass is 16.4. The maximum atomic E-state index is 12.7. The first-order valence-corrected chi connectivity index (χ1v) is 33.1. The largest absolute Gasteiger partial charge is 0.550 e. The number of nitrogens with zero attached hydrogens (tertiary/aromatic N) is 1. The SMILES string of the molecule is CCCCC/C=C\C/C=C\CCCCCCCC(=O)O.CCCCC/C=C\C/C=C\CCCCCCCC(=O)[O-].CCCCN1CCCCC1C(=O)Nc1c(C)cccc1C.CCCC[NH+]1CCCCC1C(=O)Nc1c(C)cccc1C. The Hall–Kier alpha value is -4.80. The number of hydrogen-bond acceptors (Lipinski definition) is 6. The molecule has 3 unspecified atom stereocenters. The number of carboxylic acid groups (broad SMARTS) is 2. The number of rotatable bonds is 38. The van der Waals surface area contributed by atoms with E-state index in [-0.39, 0.29) is 30.3 Å². The number of nitrogens with one attached hydrogen (secondary N) is 3. The van der Waals surface area contributed by atoms with E-state index >= 15 is 0 Å². The number of quaternary nitrogens is 1. The Morgan fingerprint density at radius 2 is 0.951 bits per heavy atom. The summed E-state index contributed by atoms with van der Waals surface area (Å²) in [5.74, 6) is -1.22. The van der Waals surface area contributed by atoms with Crippen LogP contribution < -0.4 is 20.6 Å². The van der Waals surface area contributed by atoms with Crippen LogP contribution in [0.4, 0.5) is 11.4 Å². The Bertz CT molecular complexity index is 1890. The summed E-state index contributed by atoms with van der Waals surface area (Å²) in [6.07, 6.45) is 55.8. The van der Waals surface area contributed by atoms with Gasteiger partial charge < -0.3 is 30.5 Å². The third-order valence-electron chi connectivity index (χ3n) is 15.7. The normalized spacial score (nSPS) is 16.3. The fourth-order valence-corrected chi connectivity index (χ4v) is 10.6. The van der Waals surface area contributed by atoms with E-state index in [2.05, 4.69) is 144 Å². The maximum absolute atomic E-state index is 12.7. The van der Waals surface area contributed by atoms with E-state index in [1.165, 1.54) is 133 Å². The molecule has 2 saturated heterocycles. The van der Waals surface area contributed by atoms with Crippen molar-refractivity contribution >= 4 is 35.1 Å². The van der Waals surface area contributed by atoms with Crippen LogP contribution in [0.2, 0.25) is 0 Å². The van der Waals surface area contributed by atoms with E-state index < -0.39 is 11.9 Å². The number of para-hydroxylation sites is 2. The minimum absolute atomic E-state index is 0.0457. The molecule has 2 heterocycles. The minimum Gasteiger partial charge on any atom is -0.550 e. The Labute approximate surface area is 501 Å². The molecule has 82 heavy (non-hydrogen) atoms. The van der Waals surface area contributed by atoms with Gasteiger partial charge in [-0.25, -0.2) is 0 Å². The van der Waals surface area contributed by atoms with Gasteiger partial charge in [0.1, 0.15) is 0 Å². The summed E-state index contributed by atoms with van der Waals surface area (Å²) in [6, 6.07) is 12.5. The van der Waals surface area contributed by atoms with E-state index in [1.54, 1.807) is 0 Å². The lowest BCUT2D eigenvalue weighted by Crippen LogP contribution is -3.17. The number of benzene rings is 2. The summed E-state index contributed by atoms with van der Waals surface area (Å²) >= 11 is 0. The van der Waals surface area contributed by atoms with Crippen LogP contribution in [0.25, 0.3) is 0 Å². The Morgan fingerprint density at radius 1 is 0.524 bits per heavy atom. The van der Waals surface area contributed by atoms with Crippen LogP contribution in [0.15, 0.2) is 85.0 Å². The summed E-state index contributed by atoms with van der Waals surface area (Å²) < 4.78 is 0. The second kappa shape index (κ2) is 51.8. The quantitative estimate of drug-likeness (QED) is 0.0387. The third kappa shape index (κ3) is 38.9. The molecule has 2 aromatic carbocycles. The van der Waals surface area contributed by atoms with E-state index in [9.17, 15) is 24.3 Å². The molecule has 0 aliphatic carbocycles. The number of likely N-dealkylation sites (tertiary alicyclic amines) is 2. The van der Waals surface area contributed by atoms with Crippen molar-refractivity contribution in [3.05, 3.63) is 107 Å². The van der Waals surface area contributed by atoms with Gasteiger partial charge in [0.05, 0.1) is 19.1 Å². The fraction of sp³-hybridized carbons (Fsp3) is 0.667. The van der Waals surface area contributed by atoms with E-state index in [0.29, 0.717) is 6.42 Å². The van der Waals surface area contributed by atoms with Crippen molar-refractivity contribution in [2.45, 2.75) is 286 Å². The second-order valence-corrected chi connectivity index (χ2v) is 23.2. The molecular weight excluding hydrogens is 1020 g/mol. The van der Waals surface area contributed by atoms with Gasteiger partial charge in [-0.2, -0.15) is 0 Å². The zero-order chi connectivity index (χ0) is 60.3. The van der Waals surface area contributed by atoms with Gasteiger partial charge in [0.2, 0.25) is 5.91 Å². The third-order valence-corrected chi connectivity index (χ3v) is 15.7. The molecule has 0 spiro atoms. The number of carbonyl (C=O) groups is 4. The molecule has 464 valence electrons. The lowest BCUT2D eigenvalue weighted by atomic mass is 10.00.